The van der Waals surface area contributed by atoms with Crippen molar-refractivity contribution in [3.05, 3.63) is 0 Å². The summed E-state index contributed by atoms with van der Waals surface area (Å²) in [5, 5.41) is 8.22. The molecule has 0 heterocycles. The van der Waals surface area contributed by atoms with E-state index in [9.17, 15) is 0 Å². The third-order valence-electron chi connectivity index (χ3n) is 2.29. The maximum atomic E-state index is 8.22. The topological polar surface area (TPSA) is 33.0 Å². The van der Waals surface area contributed by atoms with Gasteiger partial charge >= 0.3 is 0 Å². The molecule has 0 radical (unpaired) electrons. The molecule has 0 rings (SSSR count). The zero-order chi connectivity index (χ0) is 10.1. The van der Waals surface area contributed by atoms with Crippen molar-refractivity contribution in [3.63, 3.8) is 0 Å². The largest absolute Gasteiger partial charge is 0.427 e. The van der Waals surface area contributed by atoms with Gasteiger partial charge in [0.25, 0.3) is 6.26 Å². The highest BCUT2D eigenvalue weighted by Gasteiger charge is 2.08. The standard InChI is InChI=1S/C11H21NO/c1-4-5-6-10(2)7-11(3)8-13-9-12/h10-11H,4-8H2,1-3H3. The second-order valence-electron chi connectivity index (χ2n) is 3.99. The lowest BCUT2D eigenvalue weighted by molar-refractivity contribution is 0.199. The van der Waals surface area contributed by atoms with Crippen molar-refractivity contribution in [2.24, 2.45) is 11.8 Å². The van der Waals surface area contributed by atoms with Crippen LogP contribution < -0.4 is 0 Å². The number of hydrogen-bond acceptors (Lipinski definition) is 2. The molecule has 0 aromatic heterocycles. The molecule has 76 valence electrons. The lowest BCUT2D eigenvalue weighted by Crippen LogP contribution is -2.08. The van der Waals surface area contributed by atoms with E-state index in [0.717, 1.165) is 5.92 Å². The van der Waals surface area contributed by atoms with E-state index in [4.69, 9.17) is 10.00 Å². The van der Waals surface area contributed by atoms with E-state index < -0.39 is 0 Å². The molecular weight excluding hydrogens is 162 g/mol. The van der Waals surface area contributed by atoms with Crippen LogP contribution in [0.1, 0.15) is 46.5 Å². The maximum absolute atomic E-state index is 8.22. The van der Waals surface area contributed by atoms with Gasteiger partial charge in [-0.05, 0) is 18.3 Å². The van der Waals surface area contributed by atoms with Gasteiger partial charge in [-0.15, -0.1) is 0 Å². The van der Waals surface area contributed by atoms with Crippen molar-refractivity contribution >= 4 is 0 Å². The van der Waals surface area contributed by atoms with Gasteiger partial charge in [0.1, 0.15) is 6.61 Å². The Morgan fingerprint density at radius 2 is 2.00 bits per heavy atom. The average molecular weight is 183 g/mol. The zero-order valence-electron chi connectivity index (χ0n) is 9.05. The molecule has 0 aromatic rings. The smallest absolute Gasteiger partial charge is 0.286 e. The summed E-state index contributed by atoms with van der Waals surface area (Å²) in [6, 6.07) is 0. The SMILES string of the molecule is CCCCC(C)CC(C)COC#N. The Bertz CT molecular complexity index is 151. The molecular formula is C11H21NO. The Hall–Kier alpha value is -0.710. The number of rotatable bonds is 7. The highest BCUT2D eigenvalue weighted by molar-refractivity contribution is 4.61. The molecule has 13 heavy (non-hydrogen) atoms. The van der Waals surface area contributed by atoms with Gasteiger partial charge in [0.15, 0.2) is 0 Å². The number of nitriles is 1. The van der Waals surface area contributed by atoms with Gasteiger partial charge in [-0.2, -0.15) is 5.26 Å². The van der Waals surface area contributed by atoms with Crippen LogP contribution in [0.3, 0.4) is 0 Å². The van der Waals surface area contributed by atoms with Crippen LogP contribution in [0.5, 0.6) is 0 Å². The first-order chi connectivity index (χ1) is 6.20. The Balaban J connectivity index is 3.42. The van der Waals surface area contributed by atoms with E-state index in [1.54, 1.807) is 6.26 Å². The molecule has 0 N–H and O–H groups in total. The van der Waals surface area contributed by atoms with Crippen LogP contribution in [0.2, 0.25) is 0 Å². The number of unbranched alkanes of at least 4 members (excludes halogenated alkanes) is 1. The van der Waals surface area contributed by atoms with Gasteiger partial charge in [-0.3, -0.25) is 0 Å². The summed E-state index contributed by atoms with van der Waals surface area (Å²) in [7, 11) is 0. The highest BCUT2D eigenvalue weighted by Crippen LogP contribution is 2.17. The summed E-state index contributed by atoms with van der Waals surface area (Å²) in [5.74, 6) is 1.27. The highest BCUT2D eigenvalue weighted by atomic mass is 16.5. The van der Waals surface area contributed by atoms with Gasteiger partial charge in [0, 0.05) is 0 Å². The van der Waals surface area contributed by atoms with Crippen molar-refractivity contribution in [2.45, 2.75) is 46.5 Å². The van der Waals surface area contributed by atoms with Crippen molar-refractivity contribution in [2.75, 3.05) is 6.61 Å². The lowest BCUT2D eigenvalue weighted by Gasteiger charge is -2.15. The molecule has 2 atom stereocenters. The van der Waals surface area contributed by atoms with Crippen molar-refractivity contribution < 1.29 is 4.74 Å². The van der Waals surface area contributed by atoms with E-state index >= 15 is 0 Å². The summed E-state index contributed by atoms with van der Waals surface area (Å²) in [6.07, 6.45) is 6.77. The summed E-state index contributed by atoms with van der Waals surface area (Å²) in [6.45, 7) is 7.21. The normalized spacial score (nSPS) is 14.6. The quantitative estimate of drug-likeness (QED) is 0.567. The van der Waals surface area contributed by atoms with E-state index in [2.05, 4.69) is 20.8 Å². The fourth-order valence-corrected chi connectivity index (χ4v) is 1.60. The Morgan fingerprint density at radius 1 is 1.31 bits per heavy atom. The molecule has 2 unspecified atom stereocenters. The predicted molar refractivity (Wildman–Crippen MR) is 54.0 cm³/mol. The van der Waals surface area contributed by atoms with Gasteiger partial charge < -0.3 is 4.74 Å². The molecule has 0 aliphatic heterocycles. The molecule has 0 saturated carbocycles. The van der Waals surface area contributed by atoms with Crippen LogP contribution in [0.15, 0.2) is 0 Å². The number of nitrogens with zero attached hydrogens (tertiary/aromatic N) is 1. The summed E-state index contributed by atoms with van der Waals surface area (Å²) in [5.41, 5.74) is 0. The molecule has 0 amide bonds. The van der Waals surface area contributed by atoms with E-state index in [-0.39, 0.29) is 0 Å². The maximum Gasteiger partial charge on any atom is 0.286 e. The van der Waals surface area contributed by atoms with Crippen molar-refractivity contribution in [1.29, 1.82) is 5.26 Å². The molecule has 0 aliphatic carbocycles. The first-order valence-corrected chi connectivity index (χ1v) is 5.21. The third-order valence-corrected chi connectivity index (χ3v) is 2.29. The molecule has 2 nitrogen and oxygen atoms in total. The van der Waals surface area contributed by atoms with Crippen LogP contribution in [0.25, 0.3) is 0 Å². The molecule has 0 spiro atoms. The van der Waals surface area contributed by atoms with E-state index in [1.165, 1.54) is 25.7 Å². The molecule has 0 aromatic carbocycles. The minimum atomic E-state index is 0.506. The molecule has 0 saturated heterocycles. The molecule has 0 fully saturated rings. The second-order valence-corrected chi connectivity index (χ2v) is 3.99. The Morgan fingerprint density at radius 3 is 2.54 bits per heavy atom. The van der Waals surface area contributed by atoms with Crippen LogP contribution in [0.4, 0.5) is 0 Å². The average Bonchev–Trinajstić information content (AvgIpc) is 2.11. The van der Waals surface area contributed by atoms with E-state index in [1.807, 2.05) is 0 Å². The Kier molecular flexibility index (Phi) is 7.48. The summed E-state index contributed by atoms with van der Waals surface area (Å²) in [4.78, 5) is 0. The predicted octanol–water partition coefficient (Wildman–Crippen LogP) is 3.34. The van der Waals surface area contributed by atoms with Gasteiger partial charge in [0.2, 0.25) is 0 Å². The van der Waals surface area contributed by atoms with Crippen LogP contribution in [0, 0.1) is 23.4 Å². The minimum Gasteiger partial charge on any atom is -0.427 e. The third kappa shape index (κ3) is 7.64. The van der Waals surface area contributed by atoms with Crippen LogP contribution >= 0.6 is 0 Å². The lowest BCUT2D eigenvalue weighted by atomic mass is 9.93. The second kappa shape index (κ2) is 7.91. The van der Waals surface area contributed by atoms with Gasteiger partial charge in [-0.1, -0.05) is 40.0 Å². The number of hydrogen-bond donors (Lipinski definition) is 0. The van der Waals surface area contributed by atoms with E-state index in [0.29, 0.717) is 12.5 Å². The molecule has 0 bridgehead atoms. The van der Waals surface area contributed by atoms with Gasteiger partial charge in [0.05, 0.1) is 0 Å². The zero-order valence-corrected chi connectivity index (χ0v) is 9.05. The first-order valence-electron chi connectivity index (χ1n) is 5.21. The van der Waals surface area contributed by atoms with Crippen LogP contribution in [-0.2, 0) is 4.74 Å². The molecule has 0 aliphatic rings. The van der Waals surface area contributed by atoms with Gasteiger partial charge in [-0.25, -0.2) is 0 Å². The Labute approximate surface area is 81.9 Å². The fourth-order valence-electron chi connectivity index (χ4n) is 1.60. The fraction of sp³-hybridized carbons (Fsp3) is 0.909. The summed E-state index contributed by atoms with van der Waals surface area (Å²) < 4.78 is 4.71. The number of ether oxygens (including phenoxy) is 1. The monoisotopic (exact) mass is 183 g/mol. The minimum absolute atomic E-state index is 0.506. The van der Waals surface area contributed by atoms with Crippen molar-refractivity contribution in [3.8, 4) is 6.26 Å². The molecule has 2 heteroatoms. The summed E-state index contributed by atoms with van der Waals surface area (Å²) >= 11 is 0. The first kappa shape index (κ1) is 12.3. The van der Waals surface area contributed by atoms with Crippen LogP contribution in [-0.4, -0.2) is 6.61 Å². The van der Waals surface area contributed by atoms with Crippen molar-refractivity contribution in [1.82, 2.24) is 0 Å².